The van der Waals surface area contributed by atoms with Gasteiger partial charge < -0.3 is 15.2 Å². The van der Waals surface area contributed by atoms with Crippen LogP contribution in [0.4, 0.5) is 0 Å². The molecule has 0 aliphatic rings. The number of aliphatic hydroxyl groups is 1. The molecule has 13 heavy (non-hydrogen) atoms. The van der Waals surface area contributed by atoms with Gasteiger partial charge in [-0.3, -0.25) is 0 Å². The molecule has 0 spiro atoms. The summed E-state index contributed by atoms with van der Waals surface area (Å²) in [4.78, 5) is 1.17. The van der Waals surface area contributed by atoms with Gasteiger partial charge in [-0.05, 0) is 11.4 Å². The molecule has 0 saturated carbocycles. The highest BCUT2D eigenvalue weighted by molar-refractivity contribution is 7.10. The van der Waals surface area contributed by atoms with Gasteiger partial charge in [-0.1, -0.05) is 6.07 Å². The molecule has 0 fully saturated rings. The Morgan fingerprint density at radius 3 is 3.08 bits per heavy atom. The quantitative estimate of drug-likeness (QED) is 0.675. The molecule has 1 aromatic rings. The zero-order valence-corrected chi connectivity index (χ0v) is 8.51. The summed E-state index contributed by atoms with van der Waals surface area (Å²) in [5, 5.41) is 14.3. The van der Waals surface area contributed by atoms with Crippen molar-refractivity contribution >= 4 is 11.3 Å². The van der Waals surface area contributed by atoms with Crippen LogP contribution in [0.5, 0.6) is 0 Å². The minimum atomic E-state index is 0.0511. The highest BCUT2D eigenvalue weighted by Crippen LogP contribution is 2.17. The van der Waals surface area contributed by atoms with Crippen molar-refractivity contribution in [2.45, 2.75) is 6.04 Å². The highest BCUT2D eigenvalue weighted by Gasteiger charge is 2.09. The molecular weight excluding hydrogens is 186 g/mol. The highest BCUT2D eigenvalue weighted by atomic mass is 32.1. The molecule has 74 valence electrons. The fourth-order valence-corrected chi connectivity index (χ4v) is 1.87. The van der Waals surface area contributed by atoms with E-state index >= 15 is 0 Å². The van der Waals surface area contributed by atoms with Gasteiger partial charge in [0, 0.05) is 18.5 Å². The number of hydrogen-bond donors (Lipinski definition) is 2. The third-order valence-electron chi connectivity index (χ3n) is 1.77. The summed E-state index contributed by atoms with van der Waals surface area (Å²) in [5.74, 6) is 0. The topological polar surface area (TPSA) is 41.5 Å². The van der Waals surface area contributed by atoms with Crippen LogP contribution < -0.4 is 5.32 Å². The van der Waals surface area contributed by atoms with E-state index in [-0.39, 0.29) is 12.6 Å². The molecule has 1 atom stereocenters. The Labute approximate surface area is 82.4 Å². The molecule has 3 nitrogen and oxygen atoms in total. The van der Waals surface area contributed by atoms with Crippen molar-refractivity contribution in [2.24, 2.45) is 0 Å². The van der Waals surface area contributed by atoms with Gasteiger partial charge in [-0.15, -0.1) is 11.3 Å². The first-order valence-corrected chi connectivity index (χ1v) is 5.13. The van der Waals surface area contributed by atoms with Crippen LogP contribution in [0.15, 0.2) is 17.5 Å². The number of aliphatic hydroxyl groups excluding tert-OH is 1. The summed E-state index contributed by atoms with van der Waals surface area (Å²) in [6, 6.07) is 4.06. The van der Waals surface area contributed by atoms with E-state index in [9.17, 15) is 0 Å². The lowest BCUT2D eigenvalue weighted by Gasteiger charge is -2.13. The standard InChI is InChI=1S/C9H15NO2S/c1-12-5-4-10-8(7-11)9-3-2-6-13-9/h2-3,6,8,10-11H,4-5,7H2,1H3. The second-order valence-corrected chi connectivity index (χ2v) is 3.68. The largest absolute Gasteiger partial charge is 0.394 e. The lowest BCUT2D eigenvalue weighted by atomic mass is 10.2. The average Bonchev–Trinajstić information content (AvgIpc) is 2.65. The number of methoxy groups -OCH3 is 1. The number of thiophene rings is 1. The molecule has 1 rings (SSSR count). The maximum atomic E-state index is 9.10. The SMILES string of the molecule is COCCNC(CO)c1cccs1. The van der Waals surface area contributed by atoms with Crippen molar-refractivity contribution < 1.29 is 9.84 Å². The van der Waals surface area contributed by atoms with Gasteiger partial charge >= 0.3 is 0 Å². The zero-order valence-electron chi connectivity index (χ0n) is 7.69. The van der Waals surface area contributed by atoms with E-state index in [0.29, 0.717) is 6.61 Å². The molecule has 4 heteroatoms. The molecule has 1 heterocycles. The van der Waals surface area contributed by atoms with Gasteiger partial charge in [0.05, 0.1) is 19.3 Å². The number of hydrogen-bond acceptors (Lipinski definition) is 4. The van der Waals surface area contributed by atoms with Crippen LogP contribution >= 0.6 is 11.3 Å². The maximum Gasteiger partial charge on any atom is 0.0650 e. The van der Waals surface area contributed by atoms with Crippen molar-refractivity contribution in [3.05, 3.63) is 22.4 Å². The van der Waals surface area contributed by atoms with Gasteiger partial charge in [0.1, 0.15) is 0 Å². The number of ether oxygens (including phenoxy) is 1. The molecule has 2 N–H and O–H groups in total. The minimum Gasteiger partial charge on any atom is -0.394 e. The lowest BCUT2D eigenvalue weighted by molar-refractivity contribution is 0.184. The summed E-state index contributed by atoms with van der Waals surface area (Å²) < 4.78 is 4.91. The van der Waals surface area contributed by atoms with E-state index in [1.54, 1.807) is 18.4 Å². The normalized spacial score (nSPS) is 13.1. The molecule has 0 aromatic carbocycles. The molecule has 1 unspecified atom stereocenters. The van der Waals surface area contributed by atoms with Gasteiger partial charge in [0.25, 0.3) is 0 Å². The molecule has 0 amide bonds. The third-order valence-corrected chi connectivity index (χ3v) is 2.75. The first-order chi connectivity index (χ1) is 6.38. The second kappa shape index (κ2) is 6.10. The molecule has 1 aromatic heterocycles. The monoisotopic (exact) mass is 201 g/mol. The van der Waals surface area contributed by atoms with E-state index in [4.69, 9.17) is 9.84 Å². The molecule has 0 saturated heterocycles. The first-order valence-electron chi connectivity index (χ1n) is 4.25. The lowest BCUT2D eigenvalue weighted by Crippen LogP contribution is -2.26. The van der Waals surface area contributed by atoms with Gasteiger partial charge in [0.2, 0.25) is 0 Å². The fourth-order valence-electron chi connectivity index (χ4n) is 1.08. The molecule has 0 aliphatic heterocycles. The van der Waals surface area contributed by atoms with Crippen LogP contribution in [-0.2, 0) is 4.74 Å². The molecule has 0 radical (unpaired) electrons. The fraction of sp³-hybridized carbons (Fsp3) is 0.556. The number of rotatable bonds is 6. The Morgan fingerprint density at radius 1 is 1.69 bits per heavy atom. The van der Waals surface area contributed by atoms with Crippen molar-refractivity contribution in [2.75, 3.05) is 26.9 Å². The van der Waals surface area contributed by atoms with E-state index in [2.05, 4.69) is 5.32 Å². The van der Waals surface area contributed by atoms with Gasteiger partial charge in [-0.2, -0.15) is 0 Å². The van der Waals surface area contributed by atoms with Crippen molar-refractivity contribution in [3.8, 4) is 0 Å². The van der Waals surface area contributed by atoms with Crippen molar-refractivity contribution in [1.82, 2.24) is 5.32 Å². The Hall–Kier alpha value is -0.420. The predicted molar refractivity (Wildman–Crippen MR) is 54.0 cm³/mol. The third kappa shape index (κ3) is 3.44. The maximum absolute atomic E-state index is 9.10. The summed E-state index contributed by atoms with van der Waals surface area (Å²) in [6.07, 6.45) is 0. The van der Waals surface area contributed by atoms with Gasteiger partial charge in [0.15, 0.2) is 0 Å². The summed E-state index contributed by atoms with van der Waals surface area (Å²) >= 11 is 1.65. The molecule has 0 bridgehead atoms. The minimum absolute atomic E-state index is 0.0511. The van der Waals surface area contributed by atoms with E-state index < -0.39 is 0 Å². The molecular formula is C9H15NO2S. The first kappa shape index (κ1) is 10.7. The van der Waals surface area contributed by atoms with Crippen molar-refractivity contribution in [3.63, 3.8) is 0 Å². The second-order valence-electron chi connectivity index (χ2n) is 2.70. The van der Waals surface area contributed by atoms with Crippen LogP contribution in [0.25, 0.3) is 0 Å². The smallest absolute Gasteiger partial charge is 0.0650 e. The van der Waals surface area contributed by atoms with Crippen LogP contribution in [0.2, 0.25) is 0 Å². The summed E-state index contributed by atoms with van der Waals surface area (Å²) in [7, 11) is 1.67. The van der Waals surface area contributed by atoms with Crippen LogP contribution in [0.3, 0.4) is 0 Å². The summed E-state index contributed by atoms with van der Waals surface area (Å²) in [6.45, 7) is 1.56. The average molecular weight is 201 g/mol. The number of nitrogens with one attached hydrogen (secondary N) is 1. The van der Waals surface area contributed by atoms with Gasteiger partial charge in [-0.25, -0.2) is 0 Å². The Kier molecular flexibility index (Phi) is 5.00. The Balaban J connectivity index is 2.35. The predicted octanol–water partition coefficient (Wildman–Crippen LogP) is 1.02. The Bertz CT molecular complexity index is 213. The molecule has 0 aliphatic carbocycles. The van der Waals surface area contributed by atoms with Crippen molar-refractivity contribution in [1.29, 1.82) is 0 Å². The summed E-state index contributed by atoms with van der Waals surface area (Å²) in [5.41, 5.74) is 0. The van der Waals surface area contributed by atoms with Crippen LogP contribution in [0, 0.1) is 0 Å². The Morgan fingerprint density at radius 2 is 2.54 bits per heavy atom. The van der Waals surface area contributed by atoms with Crippen LogP contribution in [-0.4, -0.2) is 32.0 Å². The zero-order chi connectivity index (χ0) is 9.52. The van der Waals surface area contributed by atoms with Crippen LogP contribution in [0.1, 0.15) is 10.9 Å². The van der Waals surface area contributed by atoms with E-state index in [1.165, 1.54) is 4.88 Å². The van der Waals surface area contributed by atoms with E-state index in [1.807, 2.05) is 17.5 Å². The van der Waals surface area contributed by atoms with E-state index in [0.717, 1.165) is 6.54 Å².